The number of halogens is 2. The first-order valence-electron chi connectivity index (χ1n) is 10.1. The van der Waals surface area contributed by atoms with Crippen LogP contribution < -0.4 is 16.0 Å². The second kappa shape index (κ2) is 10.7. The number of carbonyl (C=O) groups is 3. The van der Waals surface area contributed by atoms with Crippen LogP contribution in [0.5, 0.6) is 0 Å². The summed E-state index contributed by atoms with van der Waals surface area (Å²) in [5.74, 6) is -3.88. The third kappa shape index (κ3) is 6.34. The van der Waals surface area contributed by atoms with Gasteiger partial charge in [-0.15, -0.1) is 0 Å². The molecule has 0 aliphatic heterocycles. The minimum atomic E-state index is -0.996. The third-order valence-electron chi connectivity index (χ3n) is 4.80. The van der Waals surface area contributed by atoms with Crippen LogP contribution in [0.4, 0.5) is 14.5 Å². The monoisotopic (exact) mass is 431 g/mol. The molecule has 3 N–H and O–H groups in total. The van der Waals surface area contributed by atoms with Crippen molar-refractivity contribution in [3.8, 4) is 0 Å². The number of amides is 3. The van der Waals surface area contributed by atoms with Crippen LogP contribution >= 0.6 is 0 Å². The zero-order valence-corrected chi connectivity index (χ0v) is 18.0. The number of hydrogen-bond donors (Lipinski definition) is 3. The Balaban J connectivity index is 2.08. The van der Waals surface area contributed by atoms with Crippen molar-refractivity contribution in [1.29, 1.82) is 0 Å². The highest BCUT2D eigenvalue weighted by molar-refractivity contribution is 5.98. The lowest BCUT2D eigenvalue weighted by molar-refractivity contribution is -0.124. The van der Waals surface area contributed by atoms with Gasteiger partial charge in [-0.25, -0.2) is 8.78 Å². The Morgan fingerprint density at radius 1 is 0.903 bits per heavy atom. The number of hydrogen-bond acceptors (Lipinski definition) is 3. The second-order valence-electron chi connectivity index (χ2n) is 7.55. The molecule has 0 aliphatic rings. The van der Waals surface area contributed by atoms with E-state index in [0.29, 0.717) is 12.1 Å². The molecule has 2 unspecified atom stereocenters. The maximum absolute atomic E-state index is 13.9. The Bertz CT molecular complexity index is 925. The van der Waals surface area contributed by atoms with Gasteiger partial charge in [0, 0.05) is 12.1 Å². The van der Waals surface area contributed by atoms with E-state index in [1.54, 1.807) is 52.0 Å². The average Bonchev–Trinajstić information content (AvgIpc) is 2.71. The van der Waals surface area contributed by atoms with Crippen molar-refractivity contribution in [1.82, 2.24) is 10.6 Å². The summed E-state index contributed by atoms with van der Waals surface area (Å²) in [6, 6.07) is 8.75. The maximum atomic E-state index is 13.9. The van der Waals surface area contributed by atoms with Crippen LogP contribution in [0.15, 0.2) is 42.5 Å². The molecule has 0 radical (unpaired) electrons. The van der Waals surface area contributed by atoms with Crippen molar-refractivity contribution in [3.05, 3.63) is 65.2 Å². The summed E-state index contributed by atoms with van der Waals surface area (Å²) in [7, 11) is 0. The molecule has 0 saturated carbocycles. The fourth-order valence-corrected chi connectivity index (χ4v) is 2.95. The highest BCUT2D eigenvalue weighted by Gasteiger charge is 2.28. The van der Waals surface area contributed by atoms with Crippen LogP contribution in [0.2, 0.25) is 0 Å². The van der Waals surface area contributed by atoms with Crippen molar-refractivity contribution < 1.29 is 23.2 Å². The summed E-state index contributed by atoms with van der Waals surface area (Å²) in [4.78, 5) is 36.7. The fraction of sp³-hybridized carbons (Fsp3) is 0.348. The van der Waals surface area contributed by atoms with Gasteiger partial charge in [0.2, 0.25) is 11.8 Å². The molecule has 0 saturated heterocycles. The SMILES string of the molecule is CCC(=O)Nc1ccc(C(C)NC(=O)C(NC(=O)c2c(F)cccc2F)C(C)C)cc1. The Labute approximate surface area is 180 Å². The average molecular weight is 431 g/mol. The van der Waals surface area contributed by atoms with Gasteiger partial charge >= 0.3 is 0 Å². The highest BCUT2D eigenvalue weighted by atomic mass is 19.1. The molecular formula is C23H27F2N3O3. The van der Waals surface area contributed by atoms with Gasteiger partial charge in [-0.2, -0.15) is 0 Å². The molecule has 2 aromatic rings. The van der Waals surface area contributed by atoms with E-state index >= 15 is 0 Å². The molecular weight excluding hydrogens is 404 g/mol. The predicted octanol–water partition coefficient (Wildman–Crippen LogP) is 3.95. The summed E-state index contributed by atoms with van der Waals surface area (Å²) < 4.78 is 27.8. The maximum Gasteiger partial charge on any atom is 0.257 e. The predicted molar refractivity (Wildman–Crippen MR) is 114 cm³/mol. The molecule has 0 fully saturated rings. The first-order valence-corrected chi connectivity index (χ1v) is 10.1. The number of benzene rings is 2. The van der Waals surface area contributed by atoms with E-state index in [-0.39, 0.29) is 11.8 Å². The van der Waals surface area contributed by atoms with E-state index in [1.807, 2.05) is 0 Å². The van der Waals surface area contributed by atoms with E-state index in [2.05, 4.69) is 16.0 Å². The fourth-order valence-electron chi connectivity index (χ4n) is 2.95. The van der Waals surface area contributed by atoms with Crippen molar-refractivity contribution in [2.24, 2.45) is 5.92 Å². The second-order valence-corrected chi connectivity index (χ2v) is 7.55. The Morgan fingerprint density at radius 3 is 2.00 bits per heavy atom. The first kappa shape index (κ1) is 24.0. The molecule has 3 amide bonds. The van der Waals surface area contributed by atoms with Crippen molar-refractivity contribution in [3.63, 3.8) is 0 Å². The summed E-state index contributed by atoms with van der Waals surface area (Å²) >= 11 is 0. The van der Waals surface area contributed by atoms with Crippen molar-refractivity contribution in [2.45, 2.75) is 46.2 Å². The van der Waals surface area contributed by atoms with Crippen molar-refractivity contribution in [2.75, 3.05) is 5.32 Å². The van der Waals surface area contributed by atoms with Crippen LogP contribution in [0, 0.1) is 17.6 Å². The third-order valence-corrected chi connectivity index (χ3v) is 4.80. The lowest BCUT2D eigenvalue weighted by atomic mass is 10.0. The lowest BCUT2D eigenvalue weighted by Gasteiger charge is -2.24. The topological polar surface area (TPSA) is 87.3 Å². The highest BCUT2D eigenvalue weighted by Crippen LogP contribution is 2.18. The van der Waals surface area contributed by atoms with Crippen LogP contribution in [0.1, 0.15) is 56.1 Å². The number of nitrogens with one attached hydrogen (secondary N) is 3. The molecule has 166 valence electrons. The number of rotatable bonds is 8. The zero-order chi connectivity index (χ0) is 23.1. The minimum Gasteiger partial charge on any atom is -0.348 e. The molecule has 6 nitrogen and oxygen atoms in total. The molecule has 2 aromatic carbocycles. The molecule has 8 heteroatoms. The Hall–Kier alpha value is -3.29. The summed E-state index contributed by atoms with van der Waals surface area (Å²) in [6.45, 7) is 6.97. The van der Waals surface area contributed by atoms with Gasteiger partial charge in [-0.1, -0.05) is 39.0 Å². The van der Waals surface area contributed by atoms with Gasteiger partial charge in [-0.3, -0.25) is 14.4 Å². The van der Waals surface area contributed by atoms with E-state index < -0.39 is 41.1 Å². The Kier molecular flexibility index (Phi) is 8.24. The quantitative estimate of drug-likeness (QED) is 0.592. The van der Waals surface area contributed by atoms with Crippen LogP contribution in [0.3, 0.4) is 0 Å². The first-order chi connectivity index (χ1) is 14.6. The van der Waals surface area contributed by atoms with E-state index in [0.717, 1.165) is 23.8 Å². The summed E-state index contributed by atoms with van der Waals surface area (Å²) in [6.07, 6.45) is 0.368. The molecule has 2 atom stereocenters. The van der Waals surface area contributed by atoms with Crippen LogP contribution in [-0.4, -0.2) is 23.8 Å². The molecule has 0 bridgehead atoms. The largest absolute Gasteiger partial charge is 0.348 e. The van der Waals surface area contributed by atoms with Gasteiger partial charge in [0.15, 0.2) is 0 Å². The zero-order valence-electron chi connectivity index (χ0n) is 18.0. The summed E-state index contributed by atoms with van der Waals surface area (Å²) in [5.41, 5.74) is 0.712. The molecule has 0 spiro atoms. The van der Waals surface area contributed by atoms with Gasteiger partial charge < -0.3 is 16.0 Å². The van der Waals surface area contributed by atoms with E-state index in [4.69, 9.17) is 0 Å². The van der Waals surface area contributed by atoms with Gasteiger partial charge in [0.05, 0.1) is 6.04 Å². The molecule has 2 rings (SSSR count). The standard InChI is InChI=1S/C23H27F2N3O3/c1-5-19(29)27-16-11-9-15(10-12-16)14(4)26-23(31)21(13(2)3)28-22(30)20-17(24)7-6-8-18(20)25/h6-14,21H,5H2,1-4H3,(H,26,31)(H,27,29)(H,28,30). The minimum absolute atomic E-state index is 0.101. The van der Waals surface area contributed by atoms with Gasteiger partial charge in [0.1, 0.15) is 23.2 Å². The van der Waals surface area contributed by atoms with E-state index in [9.17, 15) is 23.2 Å². The van der Waals surface area contributed by atoms with Crippen molar-refractivity contribution >= 4 is 23.4 Å². The molecule has 0 aliphatic carbocycles. The molecule has 0 heterocycles. The lowest BCUT2D eigenvalue weighted by Crippen LogP contribution is -2.50. The normalized spacial score (nSPS) is 12.7. The van der Waals surface area contributed by atoms with Crippen LogP contribution in [-0.2, 0) is 9.59 Å². The smallest absolute Gasteiger partial charge is 0.257 e. The van der Waals surface area contributed by atoms with Crippen LogP contribution in [0.25, 0.3) is 0 Å². The number of carbonyl (C=O) groups excluding carboxylic acids is 3. The molecule has 31 heavy (non-hydrogen) atoms. The number of anilines is 1. The Morgan fingerprint density at radius 2 is 1.48 bits per heavy atom. The van der Waals surface area contributed by atoms with Gasteiger partial charge in [0.25, 0.3) is 5.91 Å². The van der Waals surface area contributed by atoms with Gasteiger partial charge in [-0.05, 0) is 42.7 Å². The molecule has 0 aromatic heterocycles. The van der Waals surface area contributed by atoms with E-state index in [1.165, 1.54) is 0 Å². The summed E-state index contributed by atoms with van der Waals surface area (Å²) in [5, 5.41) is 7.98.